The Morgan fingerprint density at radius 3 is 3.17 bits per heavy atom. The van der Waals surface area contributed by atoms with Crippen molar-refractivity contribution < 1.29 is 4.79 Å². The van der Waals surface area contributed by atoms with Gasteiger partial charge < -0.3 is 10.6 Å². The molecule has 1 aliphatic heterocycles. The first-order chi connectivity index (χ1) is 11.1. The number of benzene rings is 1. The maximum atomic E-state index is 12.2. The summed E-state index contributed by atoms with van der Waals surface area (Å²) in [5.74, 6) is 0.0524. The van der Waals surface area contributed by atoms with E-state index in [-0.39, 0.29) is 11.9 Å². The predicted molar refractivity (Wildman–Crippen MR) is 97.6 cm³/mol. The number of halogens is 1. The number of nitrogens with one attached hydrogen (secondary N) is 2. The van der Waals surface area contributed by atoms with Crippen LogP contribution in [-0.2, 0) is 11.2 Å². The van der Waals surface area contributed by atoms with Crippen molar-refractivity contribution in [1.29, 1.82) is 0 Å². The molecule has 0 saturated carbocycles. The van der Waals surface area contributed by atoms with Gasteiger partial charge in [0.15, 0.2) is 0 Å². The van der Waals surface area contributed by atoms with E-state index in [2.05, 4.69) is 38.5 Å². The van der Waals surface area contributed by atoms with E-state index in [0.29, 0.717) is 12.5 Å². The van der Waals surface area contributed by atoms with Crippen molar-refractivity contribution >= 4 is 33.2 Å². The molecule has 2 N–H and O–H groups in total. The van der Waals surface area contributed by atoms with Crippen molar-refractivity contribution in [2.75, 3.05) is 6.54 Å². The van der Waals surface area contributed by atoms with E-state index in [9.17, 15) is 4.79 Å². The van der Waals surface area contributed by atoms with E-state index < -0.39 is 0 Å². The van der Waals surface area contributed by atoms with Gasteiger partial charge in [-0.25, -0.2) is 4.98 Å². The summed E-state index contributed by atoms with van der Waals surface area (Å²) in [4.78, 5) is 16.8. The minimum atomic E-state index is 0.0524. The Morgan fingerprint density at radius 1 is 1.52 bits per heavy atom. The summed E-state index contributed by atoms with van der Waals surface area (Å²) in [6.07, 6.45) is 2.49. The Labute approximate surface area is 148 Å². The van der Waals surface area contributed by atoms with Crippen LogP contribution < -0.4 is 10.6 Å². The highest BCUT2D eigenvalue weighted by Gasteiger charge is 2.22. The Morgan fingerprint density at radius 2 is 2.39 bits per heavy atom. The van der Waals surface area contributed by atoms with Crippen molar-refractivity contribution in [2.45, 2.75) is 38.3 Å². The summed E-state index contributed by atoms with van der Waals surface area (Å²) in [7, 11) is 0. The minimum Gasteiger partial charge on any atom is -0.351 e. The first kappa shape index (κ1) is 16.6. The third-order valence-electron chi connectivity index (χ3n) is 4.07. The Hall–Kier alpha value is -1.24. The fraction of sp³-hybridized carbons (Fsp3) is 0.412. The molecule has 1 aromatic carbocycles. The van der Waals surface area contributed by atoms with Crippen LogP contribution in [0.1, 0.15) is 25.5 Å². The number of thiazole rings is 1. The molecule has 3 rings (SSSR count). The molecular weight excluding hydrogens is 374 g/mol. The molecule has 0 aliphatic carbocycles. The number of aromatic nitrogens is 1. The number of nitrogens with zero attached hydrogens (tertiary/aromatic N) is 1. The Bertz CT molecular complexity index is 688. The molecule has 1 amide bonds. The number of amides is 1. The third-order valence-corrected chi connectivity index (χ3v) is 5.51. The van der Waals surface area contributed by atoms with Gasteiger partial charge in [-0.05, 0) is 38.4 Å². The van der Waals surface area contributed by atoms with E-state index in [1.165, 1.54) is 0 Å². The zero-order valence-corrected chi connectivity index (χ0v) is 15.4. The molecule has 2 unspecified atom stereocenters. The number of hydrogen-bond acceptors (Lipinski definition) is 4. The van der Waals surface area contributed by atoms with Crippen LogP contribution in [0.25, 0.3) is 10.6 Å². The summed E-state index contributed by atoms with van der Waals surface area (Å²) in [6, 6.07) is 8.61. The molecule has 23 heavy (non-hydrogen) atoms. The molecule has 4 nitrogen and oxygen atoms in total. The molecule has 1 saturated heterocycles. The topological polar surface area (TPSA) is 54.0 Å². The van der Waals surface area contributed by atoms with E-state index in [0.717, 1.165) is 40.1 Å². The molecule has 2 heterocycles. The van der Waals surface area contributed by atoms with Gasteiger partial charge in [0.05, 0.1) is 12.1 Å². The van der Waals surface area contributed by atoms with Gasteiger partial charge in [0.2, 0.25) is 5.91 Å². The minimum absolute atomic E-state index is 0.0524. The highest BCUT2D eigenvalue weighted by molar-refractivity contribution is 9.10. The second kappa shape index (κ2) is 7.55. The van der Waals surface area contributed by atoms with Crippen LogP contribution in [0.5, 0.6) is 0 Å². The maximum Gasteiger partial charge on any atom is 0.226 e. The molecule has 0 spiro atoms. The van der Waals surface area contributed by atoms with Crippen LogP contribution in [0, 0.1) is 0 Å². The number of piperidine rings is 1. The highest BCUT2D eigenvalue weighted by atomic mass is 79.9. The lowest BCUT2D eigenvalue weighted by Gasteiger charge is -2.30. The number of carbonyl (C=O) groups excluding carboxylic acids is 1. The largest absolute Gasteiger partial charge is 0.351 e. The van der Waals surface area contributed by atoms with Crippen molar-refractivity contribution in [3.05, 3.63) is 39.8 Å². The van der Waals surface area contributed by atoms with Crippen molar-refractivity contribution in [1.82, 2.24) is 15.6 Å². The van der Waals surface area contributed by atoms with E-state index in [4.69, 9.17) is 0 Å². The van der Waals surface area contributed by atoms with Crippen LogP contribution in [-0.4, -0.2) is 29.5 Å². The van der Waals surface area contributed by atoms with E-state index >= 15 is 0 Å². The number of hydrogen-bond donors (Lipinski definition) is 2. The SMILES string of the molecule is CC1NCCCC1NC(=O)Cc1csc(-c2cccc(Br)c2)n1. The number of carbonyl (C=O) groups is 1. The van der Waals surface area contributed by atoms with Gasteiger partial charge in [0, 0.05) is 27.5 Å². The van der Waals surface area contributed by atoms with E-state index in [1.54, 1.807) is 11.3 Å². The Kier molecular flexibility index (Phi) is 5.46. The molecule has 1 fully saturated rings. The van der Waals surface area contributed by atoms with Crippen molar-refractivity contribution in [2.24, 2.45) is 0 Å². The molecule has 1 aromatic heterocycles. The average molecular weight is 394 g/mol. The predicted octanol–water partition coefficient (Wildman–Crippen LogP) is 3.37. The second-order valence-electron chi connectivity index (χ2n) is 5.89. The first-order valence-corrected chi connectivity index (χ1v) is 9.52. The summed E-state index contributed by atoms with van der Waals surface area (Å²) < 4.78 is 1.03. The average Bonchev–Trinajstić information content (AvgIpc) is 2.98. The van der Waals surface area contributed by atoms with Gasteiger partial charge in [0.1, 0.15) is 5.01 Å². The van der Waals surface area contributed by atoms with Crippen LogP contribution in [0.4, 0.5) is 0 Å². The number of rotatable bonds is 4. The molecule has 0 radical (unpaired) electrons. The second-order valence-corrected chi connectivity index (χ2v) is 7.66. The lowest BCUT2D eigenvalue weighted by atomic mass is 10.00. The highest BCUT2D eigenvalue weighted by Crippen LogP contribution is 2.26. The molecule has 2 atom stereocenters. The fourth-order valence-electron chi connectivity index (χ4n) is 2.81. The smallest absolute Gasteiger partial charge is 0.226 e. The molecule has 6 heteroatoms. The van der Waals surface area contributed by atoms with Crippen LogP contribution in [0.2, 0.25) is 0 Å². The van der Waals surface area contributed by atoms with Crippen molar-refractivity contribution in [3.63, 3.8) is 0 Å². The van der Waals surface area contributed by atoms with Gasteiger partial charge >= 0.3 is 0 Å². The lowest BCUT2D eigenvalue weighted by molar-refractivity contribution is -0.121. The molecule has 1 aliphatic rings. The van der Waals surface area contributed by atoms with E-state index in [1.807, 2.05) is 29.6 Å². The lowest BCUT2D eigenvalue weighted by Crippen LogP contribution is -2.52. The zero-order chi connectivity index (χ0) is 16.2. The quantitative estimate of drug-likeness (QED) is 0.836. The summed E-state index contributed by atoms with van der Waals surface area (Å²) in [5.41, 5.74) is 1.90. The third kappa shape index (κ3) is 4.40. The molecule has 2 aromatic rings. The first-order valence-electron chi connectivity index (χ1n) is 7.85. The zero-order valence-electron chi connectivity index (χ0n) is 13.0. The maximum absolute atomic E-state index is 12.2. The van der Waals surface area contributed by atoms with Crippen LogP contribution in [0.3, 0.4) is 0 Å². The monoisotopic (exact) mass is 393 g/mol. The van der Waals surface area contributed by atoms with Gasteiger partial charge in [-0.15, -0.1) is 11.3 Å². The summed E-state index contributed by atoms with van der Waals surface area (Å²) >= 11 is 5.05. The van der Waals surface area contributed by atoms with Crippen molar-refractivity contribution in [3.8, 4) is 10.6 Å². The normalized spacial score (nSPS) is 21.1. The standard InChI is InChI=1S/C17H20BrN3OS/c1-11-15(6-3-7-19-11)21-16(22)9-14-10-23-17(20-14)12-4-2-5-13(18)8-12/h2,4-5,8,10-11,15,19H,3,6-7,9H2,1H3,(H,21,22). The van der Waals surface area contributed by atoms with Crippen LogP contribution in [0.15, 0.2) is 34.1 Å². The Balaban J connectivity index is 1.61. The van der Waals surface area contributed by atoms with Gasteiger partial charge in [-0.3, -0.25) is 4.79 Å². The molecule has 122 valence electrons. The van der Waals surface area contributed by atoms with Gasteiger partial charge in [-0.2, -0.15) is 0 Å². The molecule has 0 bridgehead atoms. The van der Waals surface area contributed by atoms with Crippen LogP contribution >= 0.6 is 27.3 Å². The van der Waals surface area contributed by atoms with Gasteiger partial charge in [0.25, 0.3) is 0 Å². The van der Waals surface area contributed by atoms with Gasteiger partial charge in [-0.1, -0.05) is 28.1 Å². The summed E-state index contributed by atoms with van der Waals surface area (Å²) in [6.45, 7) is 3.16. The fourth-order valence-corrected chi connectivity index (χ4v) is 4.02. The summed E-state index contributed by atoms with van der Waals surface area (Å²) in [5, 5.41) is 9.45. The molecular formula is C17H20BrN3OS.